The Balaban J connectivity index is 2.34. The summed E-state index contributed by atoms with van der Waals surface area (Å²) in [5, 5.41) is 2.71. The summed E-state index contributed by atoms with van der Waals surface area (Å²) in [5.41, 5.74) is 0. The maximum atomic E-state index is 11.7. The lowest BCUT2D eigenvalue weighted by Crippen LogP contribution is -2.42. The first-order valence-corrected chi connectivity index (χ1v) is 7.74. The molecule has 0 unspecified atom stereocenters. The van der Waals surface area contributed by atoms with Crippen molar-refractivity contribution in [3.63, 3.8) is 0 Å². The molecule has 0 aromatic heterocycles. The first kappa shape index (κ1) is 14.4. The molecular formula is C11H21NO4S. The lowest BCUT2D eigenvalue weighted by molar-refractivity contribution is -0.132. The quantitative estimate of drug-likeness (QED) is 0.777. The highest BCUT2D eigenvalue weighted by Gasteiger charge is 2.30. The van der Waals surface area contributed by atoms with Gasteiger partial charge in [-0.2, -0.15) is 0 Å². The van der Waals surface area contributed by atoms with E-state index in [9.17, 15) is 13.2 Å². The smallest absolute Gasteiger partial charge is 0.249 e. The zero-order chi connectivity index (χ0) is 13.1. The highest BCUT2D eigenvalue weighted by atomic mass is 32.2. The van der Waals surface area contributed by atoms with Crippen LogP contribution in [-0.4, -0.2) is 44.6 Å². The largest absolute Gasteiger partial charge is 0.368 e. The lowest BCUT2D eigenvalue weighted by Gasteiger charge is -2.17. The van der Waals surface area contributed by atoms with Crippen molar-refractivity contribution in [1.82, 2.24) is 5.32 Å². The average Bonchev–Trinajstić information content (AvgIpc) is 2.54. The highest BCUT2D eigenvalue weighted by Crippen LogP contribution is 2.11. The number of carbonyl (C=O) groups is 1. The molecule has 17 heavy (non-hydrogen) atoms. The Kier molecular flexibility index (Phi) is 4.94. The third-order valence-electron chi connectivity index (χ3n) is 2.63. The van der Waals surface area contributed by atoms with Crippen molar-refractivity contribution in [1.29, 1.82) is 0 Å². The molecule has 1 saturated heterocycles. The SMILES string of the molecule is CC(C)CO[C@@H](C)C(=O)N[C@@H]1CCS(=O)(=O)C1. The molecular weight excluding hydrogens is 242 g/mol. The minimum absolute atomic E-state index is 0.0512. The Hall–Kier alpha value is -0.620. The summed E-state index contributed by atoms with van der Waals surface area (Å²) < 4.78 is 27.8. The summed E-state index contributed by atoms with van der Waals surface area (Å²) >= 11 is 0. The van der Waals surface area contributed by atoms with Crippen LogP contribution in [0.3, 0.4) is 0 Å². The maximum Gasteiger partial charge on any atom is 0.249 e. The van der Waals surface area contributed by atoms with Gasteiger partial charge in [-0.05, 0) is 19.3 Å². The molecule has 6 heteroatoms. The van der Waals surface area contributed by atoms with Crippen LogP contribution in [0.15, 0.2) is 0 Å². The minimum atomic E-state index is -2.95. The van der Waals surface area contributed by atoms with Gasteiger partial charge >= 0.3 is 0 Å². The number of hydrogen-bond donors (Lipinski definition) is 1. The summed E-state index contributed by atoms with van der Waals surface area (Å²) in [6.07, 6.45) is -0.0222. The molecule has 5 nitrogen and oxygen atoms in total. The second-order valence-corrected chi connectivity index (χ2v) is 7.21. The van der Waals surface area contributed by atoms with Crippen molar-refractivity contribution in [3.05, 3.63) is 0 Å². The van der Waals surface area contributed by atoms with Gasteiger partial charge < -0.3 is 10.1 Å². The van der Waals surface area contributed by atoms with E-state index >= 15 is 0 Å². The van der Waals surface area contributed by atoms with Crippen molar-refractivity contribution in [2.75, 3.05) is 18.1 Å². The van der Waals surface area contributed by atoms with Gasteiger partial charge in [-0.3, -0.25) is 4.79 Å². The third kappa shape index (κ3) is 5.04. The van der Waals surface area contributed by atoms with E-state index in [1.807, 2.05) is 13.8 Å². The molecule has 1 fully saturated rings. The van der Waals surface area contributed by atoms with E-state index in [4.69, 9.17) is 4.74 Å². The monoisotopic (exact) mass is 263 g/mol. The van der Waals surface area contributed by atoms with Crippen LogP contribution >= 0.6 is 0 Å². The summed E-state index contributed by atoms with van der Waals surface area (Å²) in [6, 6.07) is -0.252. The number of rotatable bonds is 5. The molecule has 0 aromatic rings. The molecule has 1 N–H and O–H groups in total. The van der Waals surface area contributed by atoms with E-state index in [2.05, 4.69) is 5.32 Å². The summed E-state index contributed by atoms with van der Waals surface area (Å²) in [7, 11) is -2.95. The van der Waals surface area contributed by atoms with E-state index in [-0.39, 0.29) is 23.5 Å². The summed E-state index contributed by atoms with van der Waals surface area (Å²) in [6.45, 7) is 6.22. The van der Waals surface area contributed by atoms with Gasteiger partial charge in [0, 0.05) is 12.6 Å². The predicted molar refractivity (Wildman–Crippen MR) is 65.5 cm³/mol. The Morgan fingerprint density at radius 1 is 1.41 bits per heavy atom. The van der Waals surface area contributed by atoms with Crippen molar-refractivity contribution in [2.45, 2.75) is 39.3 Å². The Morgan fingerprint density at radius 3 is 2.53 bits per heavy atom. The molecule has 0 aliphatic carbocycles. The van der Waals surface area contributed by atoms with Crippen LogP contribution < -0.4 is 5.32 Å². The first-order chi connectivity index (χ1) is 7.80. The number of sulfone groups is 1. The molecule has 0 radical (unpaired) electrons. The van der Waals surface area contributed by atoms with Crippen LogP contribution in [-0.2, 0) is 19.4 Å². The van der Waals surface area contributed by atoms with Gasteiger partial charge in [0.2, 0.25) is 5.91 Å². The van der Waals surface area contributed by atoms with Gasteiger partial charge in [0.25, 0.3) is 0 Å². The van der Waals surface area contributed by atoms with Crippen molar-refractivity contribution in [3.8, 4) is 0 Å². The molecule has 0 bridgehead atoms. The minimum Gasteiger partial charge on any atom is -0.368 e. The topological polar surface area (TPSA) is 72.5 Å². The number of ether oxygens (including phenoxy) is 1. The first-order valence-electron chi connectivity index (χ1n) is 5.92. The number of nitrogens with one attached hydrogen (secondary N) is 1. The van der Waals surface area contributed by atoms with Crippen LogP contribution in [0.5, 0.6) is 0 Å². The Morgan fingerprint density at radius 2 is 2.06 bits per heavy atom. The fourth-order valence-corrected chi connectivity index (χ4v) is 3.31. The summed E-state index contributed by atoms with van der Waals surface area (Å²) in [4.78, 5) is 11.7. The van der Waals surface area contributed by atoms with Crippen LogP contribution in [0.4, 0.5) is 0 Å². The molecule has 1 heterocycles. The predicted octanol–water partition coefficient (Wildman–Crippen LogP) is 0.351. The van der Waals surface area contributed by atoms with Gasteiger partial charge in [0.15, 0.2) is 9.84 Å². The zero-order valence-corrected chi connectivity index (χ0v) is 11.4. The maximum absolute atomic E-state index is 11.7. The normalized spacial score (nSPS) is 24.8. The van der Waals surface area contributed by atoms with Gasteiger partial charge in [-0.25, -0.2) is 8.42 Å². The van der Waals surface area contributed by atoms with Gasteiger partial charge in [0.05, 0.1) is 11.5 Å². The standard InChI is InChI=1S/C11H21NO4S/c1-8(2)6-16-9(3)11(13)12-10-4-5-17(14,15)7-10/h8-10H,4-7H2,1-3H3,(H,12,13)/t9-,10+/m0/s1. The van der Waals surface area contributed by atoms with E-state index in [0.29, 0.717) is 18.9 Å². The van der Waals surface area contributed by atoms with Crippen molar-refractivity contribution >= 4 is 15.7 Å². The fourth-order valence-electron chi connectivity index (χ4n) is 1.64. The number of carbonyl (C=O) groups excluding carboxylic acids is 1. The van der Waals surface area contributed by atoms with Crippen molar-refractivity contribution < 1.29 is 17.9 Å². The molecule has 1 aliphatic rings. The molecule has 1 amide bonds. The molecule has 0 aromatic carbocycles. The van der Waals surface area contributed by atoms with E-state index < -0.39 is 15.9 Å². The average molecular weight is 263 g/mol. The van der Waals surface area contributed by atoms with Crippen LogP contribution in [0.25, 0.3) is 0 Å². The summed E-state index contributed by atoms with van der Waals surface area (Å²) in [5.74, 6) is 0.360. The Bertz CT molecular complexity index is 364. The van der Waals surface area contributed by atoms with Crippen LogP contribution in [0, 0.1) is 5.92 Å². The van der Waals surface area contributed by atoms with E-state index in [0.717, 1.165) is 0 Å². The van der Waals surface area contributed by atoms with Gasteiger partial charge in [-0.15, -0.1) is 0 Å². The zero-order valence-electron chi connectivity index (χ0n) is 10.6. The van der Waals surface area contributed by atoms with Gasteiger partial charge in [0.1, 0.15) is 6.10 Å². The second-order valence-electron chi connectivity index (χ2n) is 4.98. The van der Waals surface area contributed by atoms with Gasteiger partial charge in [-0.1, -0.05) is 13.8 Å². The van der Waals surface area contributed by atoms with E-state index in [1.54, 1.807) is 6.92 Å². The molecule has 1 rings (SSSR count). The molecule has 0 spiro atoms. The highest BCUT2D eigenvalue weighted by molar-refractivity contribution is 7.91. The molecule has 100 valence electrons. The van der Waals surface area contributed by atoms with Crippen LogP contribution in [0.1, 0.15) is 27.2 Å². The second kappa shape index (κ2) is 5.82. The fraction of sp³-hybridized carbons (Fsp3) is 0.909. The molecule has 2 atom stereocenters. The number of amides is 1. The number of hydrogen-bond acceptors (Lipinski definition) is 4. The lowest BCUT2D eigenvalue weighted by atomic mass is 10.2. The van der Waals surface area contributed by atoms with Crippen LogP contribution in [0.2, 0.25) is 0 Å². The third-order valence-corrected chi connectivity index (χ3v) is 4.40. The van der Waals surface area contributed by atoms with Crippen molar-refractivity contribution in [2.24, 2.45) is 5.92 Å². The molecule has 1 aliphatic heterocycles. The van der Waals surface area contributed by atoms with E-state index in [1.165, 1.54) is 0 Å². The Labute approximate surface area is 103 Å². The molecule has 0 saturated carbocycles.